The number of hydrogen-bond donors (Lipinski definition) is 1. The summed E-state index contributed by atoms with van der Waals surface area (Å²) in [6.07, 6.45) is 1.69. The first-order chi connectivity index (χ1) is 10.1. The van der Waals surface area contributed by atoms with Crippen LogP contribution in [-0.2, 0) is 12.8 Å². The van der Waals surface area contributed by atoms with Gasteiger partial charge in [-0.15, -0.1) is 0 Å². The molecule has 1 atom stereocenters. The molecule has 0 saturated carbocycles. The van der Waals surface area contributed by atoms with Crippen LogP contribution in [0.25, 0.3) is 0 Å². The number of ether oxygens (including phenoxy) is 2. The van der Waals surface area contributed by atoms with Gasteiger partial charge in [-0.25, -0.2) is 0 Å². The third kappa shape index (κ3) is 3.99. The molecule has 0 bridgehead atoms. The summed E-state index contributed by atoms with van der Waals surface area (Å²) in [4.78, 5) is 0. The normalized spacial score (nSPS) is 12.0. The van der Waals surface area contributed by atoms with Gasteiger partial charge in [0.25, 0.3) is 0 Å². The maximum absolute atomic E-state index is 6.30. The van der Waals surface area contributed by atoms with Crippen LogP contribution in [-0.4, -0.2) is 20.3 Å². The highest BCUT2D eigenvalue weighted by Crippen LogP contribution is 2.28. The van der Waals surface area contributed by atoms with E-state index in [1.165, 1.54) is 11.1 Å². The Morgan fingerprint density at radius 2 is 1.67 bits per heavy atom. The summed E-state index contributed by atoms with van der Waals surface area (Å²) in [6, 6.07) is 14.4. The van der Waals surface area contributed by atoms with Crippen LogP contribution in [0.1, 0.15) is 16.7 Å². The molecule has 0 saturated heterocycles. The third-order valence-corrected chi connectivity index (χ3v) is 3.69. The Hall–Kier alpha value is -2.00. The largest absolute Gasteiger partial charge is 0.493 e. The summed E-state index contributed by atoms with van der Waals surface area (Å²) in [6.45, 7) is 2.12. The predicted octanol–water partition coefficient (Wildman–Crippen LogP) is 3.12. The van der Waals surface area contributed by atoms with Crippen LogP contribution in [0.2, 0.25) is 0 Å². The van der Waals surface area contributed by atoms with Crippen molar-refractivity contribution in [2.24, 2.45) is 5.73 Å². The van der Waals surface area contributed by atoms with Gasteiger partial charge in [0.2, 0.25) is 0 Å². The average molecular weight is 285 g/mol. The second-order valence-corrected chi connectivity index (χ2v) is 5.28. The van der Waals surface area contributed by atoms with Crippen molar-refractivity contribution >= 4 is 0 Å². The zero-order chi connectivity index (χ0) is 15.2. The lowest BCUT2D eigenvalue weighted by Gasteiger charge is -2.15. The molecule has 0 radical (unpaired) electrons. The number of benzene rings is 2. The summed E-state index contributed by atoms with van der Waals surface area (Å²) in [5.41, 5.74) is 10.1. The molecule has 1 unspecified atom stereocenters. The van der Waals surface area contributed by atoms with Crippen molar-refractivity contribution in [2.45, 2.75) is 25.8 Å². The smallest absolute Gasteiger partial charge is 0.160 e. The molecule has 0 spiro atoms. The van der Waals surface area contributed by atoms with Crippen molar-refractivity contribution < 1.29 is 9.47 Å². The van der Waals surface area contributed by atoms with E-state index in [1.54, 1.807) is 14.2 Å². The van der Waals surface area contributed by atoms with E-state index in [2.05, 4.69) is 31.2 Å². The zero-order valence-corrected chi connectivity index (χ0v) is 12.9. The fourth-order valence-corrected chi connectivity index (χ4v) is 2.50. The summed E-state index contributed by atoms with van der Waals surface area (Å²) in [5, 5.41) is 0. The molecule has 0 amide bonds. The standard InChI is InChI=1S/C18H23NO2/c1-13-6-4-5-7-15(13)12-16(19)10-14-8-9-17(20-2)18(11-14)21-3/h4-9,11,16H,10,12,19H2,1-3H3. The quantitative estimate of drug-likeness (QED) is 0.887. The summed E-state index contributed by atoms with van der Waals surface area (Å²) >= 11 is 0. The number of methoxy groups -OCH3 is 2. The summed E-state index contributed by atoms with van der Waals surface area (Å²) in [7, 11) is 3.29. The van der Waals surface area contributed by atoms with E-state index in [-0.39, 0.29) is 6.04 Å². The lowest BCUT2D eigenvalue weighted by atomic mass is 9.97. The number of aryl methyl sites for hydroxylation is 1. The van der Waals surface area contributed by atoms with Crippen LogP contribution < -0.4 is 15.2 Å². The van der Waals surface area contributed by atoms with Gasteiger partial charge in [0.1, 0.15) is 0 Å². The van der Waals surface area contributed by atoms with E-state index >= 15 is 0 Å². The SMILES string of the molecule is COc1ccc(CC(N)Cc2ccccc2C)cc1OC. The second-order valence-electron chi connectivity index (χ2n) is 5.28. The Labute approximate surface area is 126 Å². The first-order valence-electron chi connectivity index (χ1n) is 7.15. The summed E-state index contributed by atoms with van der Waals surface area (Å²) in [5.74, 6) is 1.49. The lowest BCUT2D eigenvalue weighted by molar-refractivity contribution is 0.354. The van der Waals surface area contributed by atoms with Crippen LogP contribution in [0, 0.1) is 6.92 Å². The minimum Gasteiger partial charge on any atom is -0.493 e. The van der Waals surface area contributed by atoms with E-state index in [4.69, 9.17) is 15.2 Å². The highest BCUT2D eigenvalue weighted by atomic mass is 16.5. The van der Waals surface area contributed by atoms with Crippen molar-refractivity contribution in [1.29, 1.82) is 0 Å². The van der Waals surface area contributed by atoms with Crippen LogP contribution in [0.4, 0.5) is 0 Å². The first-order valence-corrected chi connectivity index (χ1v) is 7.15. The Morgan fingerprint density at radius 1 is 0.952 bits per heavy atom. The molecule has 0 aromatic heterocycles. The van der Waals surface area contributed by atoms with Crippen LogP contribution in [0.5, 0.6) is 11.5 Å². The molecule has 2 N–H and O–H groups in total. The molecular weight excluding hydrogens is 262 g/mol. The third-order valence-electron chi connectivity index (χ3n) is 3.69. The molecule has 112 valence electrons. The van der Waals surface area contributed by atoms with E-state index in [0.717, 1.165) is 29.9 Å². The van der Waals surface area contributed by atoms with Crippen molar-refractivity contribution in [3.05, 3.63) is 59.2 Å². The summed E-state index contributed by atoms with van der Waals surface area (Å²) < 4.78 is 10.6. The Bertz CT molecular complexity index is 596. The highest BCUT2D eigenvalue weighted by molar-refractivity contribution is 5.43. The zero-order valence-electron chi connectivity index (χ0n) is 12.9. The number of hydrogen-bond acceptors (Lipinski definition) is 3. The molecule has 0 aliphatic rings. The molecule has 3 nitrogen and oxygen atoms in total. The van der Waals surface area contributed by atoms with Gasteiger partial charge in [-0.2, -0.15) is 0 Å². The van der Waals surface area contributed by atoms with Crippen molar-refractivity contribution in [3.8, 4) is 11.5 Å². The van der Waals surface area contributed by atoms with E-state index in [1.807, 2.05) is 18.2 Å². The fourth-order valence-electron chi connectivity index (χ4n) is 2.50. The predicted molar refractivity (Wildman–Crippen MR) is 86.1 cm³/mol. The van der Waals surface area contributed by atoms with Crippen LogP contribution in [0.15, 0.2) is 42.5 Å². The fraction of sp³-hybridized carbons (Fsp3) is 0.333. The molecule has 0 aliphatic carbocycles. The second kappa shape index (κ2) is 7.14. The molecular formula is C18H23NO2. The van der Waals surface area contributed by atoms with Crippen LogP contribution >= 0.6 is 0 Å². The molecule has 2 aromatic carbocycles. The van der Waals surface area contributed by atoms with Gasteiger partial charge in [-0.3, -0.25) is 0 Å². The minimum atomic E-state index is 0.0872. The molecule has 21 heavy (non-hydrogen) atoms. The monoisotopic (exact) mass is 285 g/mol. The average Bonchev–Trinajstić information content (AvgIpc) is 2.49. The van der Waals surface area contributed by atoms with E-state index in [9.17, 15) is 0 Å². The van der Waals surface area contributed by atoms with E-state index < -0.39 is 0 Å². The molecule has 3 heteroatoms. The lowest BCUT2D eigenvalue weighted by Crippen LogP contribution is -2.25. The topological polar surface area (TPSA) is 44.5 Å². The van der Waals surface area contributed by atoms with Crippen molar-refractivity contribution in [2.75, 3.05) is 14.2 Å². The highest BCUT2D eigenvalue weighted by Gasteiger charge is 2.10. The van der Waals surface area contributed by atoms with Crippen molar-refractivity contribution in [1.82, 2.24) is 0 Å². The Morgan fingerprint density at radius 3 is 2.33 bits per heavy atom. The Balaban J connectivity index is 2.06. The maximum atomic E-state index is 6.30. The van der Waals surface area contributed by atoms with Gasteiger partial charge >= 0.3 is 0 Å². The van der Waals surface area contributed by atoms with Gasteiger partial charge in [0, 0.05) is 6.04 Å². The minimum absolute atomic E-state index is 0.0872. The van der Waals surface area contributed by atoms with Gasteiger partial charge < -0.3 is 15.2 Å². The van der Waals surface area contributed by atoms with Gasteiger partial charge in [0.05, 0.1) is 14.2 Å². The Kier molecular flexibility index (Phi) is 5.23. The maximum Gasteiger partial charge on any atom is 0.160 e. The van der Waals surface area contributed by atoms with Crippen molar-refractivity contribution in [3.63, 3.8) is 0 Å². The molecule has 0 fully saturated rings. The number of rotatable bonds is 6. The molecule has 0 aliphatic heterocycles. The molecule has 0 heterocycles. The van der Waals surface area contributed by atoms with Gasteiger partial charge in [-0.1, -0.05) is 30.3 Å². The first kappa shape index (κ1) is 15.4. The van der Waals surface area contributed by atoms with Crippen LogP contribution in [0.3, 0.4) is 0 Å². The van der Waals surface area contributed by atoms with Gasteiger partial charge in [0.15, 0.2) is 11.5 Å². The van der Waals surface area contributed by atoms with E-state index in [0.29, 0.717) is 0 Å². The molecule has 2 aromatic rings. The molecule has 2 rings (SSSR count). The van der Waals surface area contributed by atoms with Gasteiger partial charge in [-0.05, 0) is 48.6 Å². The number of nitrogens with two attached hydrogens (primary N) is 1.